The lowest BCUT2D eigenvalue weighted by atomic mass is 9.96. The van der Waals surface area contributed by atoms with Crippen LogP contribution in [0.4, 0.5) is 11.4 Å². The average Bonchev–Trinajstić information content (AvgIpc) is 2.71. The van der Waals surface area contributed by atoms with Gasteiger partial charge >= 0.3 is 0 Å². The number of ether oxygens (including phenoxy) is 2. The van der Waals surface area contributed by atoms with Crippen LogP contribution in [-0.4, -0.2) is 26.9 Å². The van der Waals surface area contributed by atoms with Crippen LogP contribution in [0.25, 0.3) is 0 Å². The van der Waals surface area contributed by atoms with E-state index in [0.717, 1.165) is 31.0 Å². The van der Waals surface area contributed by atoms with Crippen LogP contribution in [-0.2, 0) is 0 Å². The Morgan fingerprint density at radius 3 is 1.89 bits per heavy atom. The van der Waals surface area contributed by atoms with E-state index >= 15 is 0 Å². The largest absolute Gasteiger partial charge is 0.497 e. The number of hydrogen-bond acceptors (Lipinski definition) is 4. The molecule has 1 aliphatic rings. The Kier molecular flexibility index (Phi) is 5.94. The van der Waals surface area contributed by atoms with Crippen molar-refractivity contribution in [3.63, 3.8) is 0 Å². The van der Waals surface area contributed by atoms with Gasteiger partial charge in [0.25, 0.3) is 0 Å². The van der Waals surface area contributed by atoms with Crippen LogP contribution in [0.2, 0.25) is 0 Å². The molecule has 0 aromatic heterocycles. The molecule has 0 aliphatic carbocycles. The number of nitrogens with zero attached hydrogens (tertiary/aromatic N) is 2. The minimum Gasteiger partial charge on any atom is -0.497 e. The molecule has 144 valence electrons. The van der Waals surface area contributed by atoms with E-state index in [-0.39, 0.29) is 0 Å². The summed E-state index contributed by atoms with van der Waals surface area (Å²) >= 11 is 0. The number of allylic oxidation sites excluding steroid dienone is 1. The van der Waals surface area contributed by atoms with Crippen molar-refractivity contribution >= 4 is 11.4 Å². The molecule has 0 amide bonds. The van der Waals surface area contributed by atoms with E-state index < -0.39 is 0 Å². The average molecular weight is 367 g/mol. The maximum Gasteiger partial charge on any atom is 0.119 e. The van der Waals surface area contributed by atoms with Crippen molar-refractivity contribution in [3.8, 4) is 11.5 Å². The third kappa shape index (κ3) is 3.90. The van der Waals surface area contributed by atoms with E-state index in [4.69, 9.17) is 9.47 Å². The lowest BCUT2D eigenvalue weighted by Gasteiger charge is -2.45. The third-order valence-corrected chi connectivity index (χ3v) is 5.44. The molecule has 0 spiro atoms. The van der Waals surface area contributed by atoms with Gasteiger partial charge in [0.15, 0.2) is 0 Å². The zero-order valence-electron chi connectivity index (χ0n) is 17.0. The number of rotatable bonds is 6. The Hall–Kier alpha value is -2.62. The van der Waals surface area contributed by atoms with Crippen LogP contribution in [0.15, 0.2) is 59.8 Å². The molecule has 0 saturated heterocycles. The normalized spacial score (nSPS) is 17.3. The van der Waals surface area contributed by atoms with Crippen LogP contribution in [0.3, 0.4) is 0 Å². The first-order valence-corrected chi connectivity index (χ1v) is 9.61. The molecule has 0 bridgehead atoms. The van der Waals surface area contributed by atoms with Crippen molar-refractivity contribution in [3.05, 3.63) is 59.8 Å². The first-order chi connectivity index (χ1) is 13.1. The van der Waals surface area contributed by atoms with Gasteiger partial charge in [-0.15, -0.1) is 0 Å². The van der Waals surface area contributed by atoms with Crippen LogP contribution >= 0.6 is 0 Å². The van der Waals surface area contributed by atoms with E-state index in [2.05, 4.69) is 54.8 Å². The molecule has 1 unspecified atom stereocenters. The van der Waals surface area contributed by atoms with E-state index in [1.807, 2.05) is 24.3 Å². The standard InChI is InChI=1S/C23H30N2O2/c1-6-7-23-17(2)24(19-8-12-21(26-4)13-9-19)16-25(18(23)3)20-10-14-22(27-5)15-11-20/h8-15,17H,6-7,16H2,1-5H3. The molecule has 2 aromatic carbocycles. The molecular weight excluding hydrogens is 336 g/mol. The number of benzene rings is 2. The van der Waals surface area contributed by atoms with Crippen molar-refractivity contribution in [2.45, 2.75) is 39.7 Å². The first-order valence-electron chi connectivity index (χ1n) is 9.61. The zero-order valence-corrected chi connectivity index (χ0v) is 17.0. The van der Waals surface area contributed by atoms with Crippen molar-refractivity contribution in [2.75, 3.05) is 30.7 Å². The summed E-state index contributed by atoms with van der Waals surface area (Å²) in [6, 6.07) is 17.0. The van der Waals surface area contributed by atoms with Crippen LogP contribution in [0.5, 0.6) is 11.5 Å². The first kappa shape index (κ1) is 19.2. The van der Waals surface area contributed by atoms with Crippen LogP contribution < -0.4 is 19.3 Å². The smallest absolute Gasteiger partial charge is 0.119 e. The molecule has 2 aromatic rings. The Balaban J connectivity index is 1.98. The number of anilines is 2. The monoisotopic (exact) mass is 366 g/mol. The van der Waals surface area contributed by atoms with Crippen LogP contribution in [0.1, 0.15) is 33.6 Å². The van der Waals surface area contributed by atoms with Gasteiger partial charge in [-0.25, -0.2) is 0 Å². The maximum absolute atomic E-state index is 5.32. The quantitative estimate of drug-likeness (QED) is 0.679. The summed E-state index contributed by atoms with van der Waals surface area (Å²) in [6.07, 6.45) is 2.25. The predicted octanol–water partition coefficient (Wildman–Crippen LogP) is 5.45. The fraction of sp³-hybridized carbons (Fsp3) is 0.391. The number of methoxy groups -OCH3 is 2. The molecule has 1 atom stereocenters. The van der Waals surface area contributed by atoms with E-state index in [1.54, 1.807) is 14.2 Å². The molecule has 27 heavy (non-hydrogen) atoms. The topological polar surface area (TPSA) is 24.9 Å². The lowest BCUT2D eigenvalue weighted by molar-refractivity contribution is 0.414. The van der Waals surface area contributed by atoms with Gasteiger partial charge in [0.1, 0.15) is 11.5 Å². The molecule has 0 N–H and O–H groups in total. The second-order valence-corrected chi connectivity index (χ2v) is 6.97. The Morgan fingerprint density at radius 2 is 1.41 bits per heavy atom. The van der Waals surface area contributed by atoms with Gasteiger partial charge in [-0.3, -0.25) is 0 Å². The Bertz CT molecular complexity index is 781. The van der Waals surface area contributed by atoms with Gasteiger partial charge < -0.3 is 19.3 Å². The summed E-state index contributed by atoms with van der Waals surface area (Å²) in [7, 11) is 3.41. The van der Waals surface area contributed by atoms with E-state index in [0.29, 0.717) is 6.04 Å². The minimum absolute atomic E-state index is 0.368. The molecule has 4 nitrogen and oxygen atoms in total. The van der Waals surface area contributed by atoms with Crippen LogP contribution in [0, 0.1) is 0 Å². The molecular formula is C23H30N2O2. The Morgan fingerprint density at radius 1 is 0.889 bits per heavy atom. The maximum atomic E-state index is 5.32. The summed E-state index contributed by atoms with van der Waals surface area (Å²) in [5.74, 6) is 1.77. The molecule has 1 heterocycles. The fourth-order valence-electron chi connectivity index (χ4n) is 3.82. The van der Waals surface area contributed by atoms with Gasteiger partial charge in [-0.05, 0) is 74.4 Å². The van der Waals surface area contributed by atoms with Crippen molar-refractivity contribution in [1.29, 1.82) is 0 Å². The SMILES string of the molecule is CCCC1=C(C)N(c2ccc(OC)cc2)CN(c2ccc(OC)cc2)C1C. The van der Waals surface area contributed by atoms with E-state index in [9.17, 15) is 0 Å². The van der Waals surface area contributed by atoms with E-state index in [1.165, 1.54) is 22.6 Å². The molecule has 3 rings (SSSR count). The summed E-state index contributed by atoms with van der Waals surface area (Å²) in [6.45, 7) is 7.62. The minimum atomic E-state index is 0.368. The highest BCUT2D eigenvalue weighted by Gasteiger charge is 2.29. The second-order valence-electron chi connectivity index (χ2n) is 6.97. The summed E-state index contributed by atoms with van der Waals surface area (Å²) in [5, 5.41) is 0. The van der Waals surface area contributed by atoms with Gasteiger partial charge in [-0.1, -0.05) is 13.3 Å². The summed E-state index contributed by atoms with van der Waals surface area (Å²) in [4.78, 5) is 4.86. The van der Waals surface area contributed by atoms with Crippen molar-refractivity contribution in [2.24, 2.45) is 0 Å². The molecule has 0 radical (unpaired) electrons. The lowest BCUT2D eigenvalue weighted by Crippen LogP contribution is -2.48. The second kappa shape index (κ2) is 8.38. The van der Waals surface area contributed by atoms with Gasteiger partial charge in [0.05, 0.1) is 26.9 Å². The van der Waals surface area contributed by atoms with Gasteiger partial charge in [0, 0.05) is 17.1 Å². The van der Waals surface area contributed by atoms with Gasteiger partial charge in [-0.2, -0.15) is 0 Å². The van der Waals surface area contributed by atoms with Crippen molar-refractivity contribution < 1.29 is 9.47 Å². The molecule has 1 aliphatic heterocycles. The summed E-state index contributed by atoms with van der Waals surface area (Å²) in [5.41, 5.74) is 5.25. The van der Waals surface area contributed by atoms with Crippen molar-refractivity contribution in [1.82, 2.24) is 0 Å². The third-order valence-electron chi connectivity index (χ3n) is 5.44. The highest BCUT2D eigenvalue weighted by atomic mass is 16.5. The fourth-order valence-corrected chi connectivity index (χ4v) is 3.82. The Labute approximate surface area is 163 Å². The highest BCUT2D eigenvalue weighted by molar-refractivity contribution is 5.61. The zero-order chi connectivity index (χ0) is 19.4. The molecule has 4 heteroatoms. The highest BCUT2D eigenvalue weighted by Crippen LogP contribution is 2.35. The summed E-state index contributed by atoms with van der Waals surface area (Å²) < 4.78 is 10.6. The predicted molar refractivity (Wildman–Crippen MR) is 113 cm³/mol. The van der Waals surface area contributed by atoms with Gasteiger partial charge in [0.2, 0.25) is 0 Å². The number of hydrogen-bond donors (Lipinski definition) is 0. The molecule has 0 saturated carbocycles. The molecule has 0 fully saturated rings.